The van der Waals surface area contributed by atoms with Gasteiger partial charge in [-0.3, -0.25) is 4.21 Å². The fourth-order valence-corrected chi connectivity index (χ4v) is 2.28. The van der Waals surface area contributed by atoms with Gasteiger partial charge in [0.2, 0.25) is 0 Å². The molecule has 84 valence electrons. The molecule has 0 radical (unpaired) electrons. The minimum atomic E-state index is -0.882. The Morgan fingerprint density at radius 1 is 1.27 bits per heavy atom. The van der Waals surface area contributed by atoms with Gasteiger partial charge in [-0.15, -0.1) is 0 Å². The molecular weight excluding hydrogens is 206 g/mol. The summed E-state index contributed by atoms with van der Waals surface area (Å²) in [6.07, 6.45) is 4.91. The van der Waals surface area contributed by atoms with Crippen molar-refractivity contribution in [2.45, 2.75) is 31.1 Å². The summed E-state index contributed by atoms with van der Waals surface area (Å²) < 4.78 is 11.4. The van der Waals surface area contributed by atoms with Crippen LogP contribution in [0.25, 0.3) is 0 Å². The van der Waals surface area contributed by atoms with E-state index in [2.05, 4.69) is 6.07 Å². The third kappa shape index (κ3) is 4.14. The highest BCUT2D eigenvalue weighted by Crippen LogP contribution is 2.14. The van der Waals surface area contributed by atoms with E-state index in [0.29, 0.717) is 0 Å². The van der Waals surface area contributed by atoms with Gasteiger partial charge in [0.05, 0.1) is 0 Å². The average Bonchev–Trinajstić information content (AvgIpc) is 2.17. The second-order valence-corrected chi connectivity index (χ2v) is 5.23. The molecule has 0 heterocycles. The molecule has 1 aromatic rings. The van der Waals surface area contributed by atoms with E-state index < -0.39 is 10.8 Å². The third-order valence-corrected chi connectivity index (χ3v) is 3.26. The maximum atomic E-state index is 11.4. The van der Waals surface area contributed by atoms with E-state index in [0.717, 1.165) is 30.7 Å². The minimum Gasteiger partial charge on any atom is -0.330 e. The van der Waals surface area contributed by atoms with Crippen molar-refractivity contribution in [1.29, 1.82) is 0 Å². The standard InChI is InChI=1S/C12H19NOS/c1-10-7-11(5-3-4-6-13)9-12(8-10)15(2)14/h7-9H,3-6,13H2,1-2H3. The molecule has 0 spiro atoms. The molecule has 0 bridgehead atoms. The maximum Gasteiger partial charge on any atom is 0.0498 e. The molecule has 15 heavy (non-hydrogen) atoms. The Morgan fingerprint density at radius 3 is 2.60 bits per heavy atom. The molecule has 0 aliphatic carbocycles. The lowest BCUT2D eigenvalue weighted by Gasteiger charge is -2.05. The number of unbranched alkanes of at least 4 members (excludes halogenated alkanes) is 1. The molecule has 0 amide bonds. The zero-order valence-corrected chi connectivity index (χ0v) is 10.3. The van der Waals surface area contributed by atoms with Crippen molar-refractivity contribution in [3.63, 3.8) is 0 Å². The van der Waals surface area contributed by atoms with Gasteiger partial charge < -0.3 is 5.73 Å². The van der Waals surface area contributed by atoms with Crippen LogP contribution in [0.15, 0.2) is 23.1 Å². The van der Waals surface area contributed by atoms with Crippen molar-refractivity contribution in [3.05, 3.63) is 29.3 Å². The van der Waals surface area contributed by atoms with Crippen LogP contribution in [-0.4, -0.2) is 17.0 Å². The lowest BCUT2D eigenvalue weighted by atomic mass is 10.1. The van der Waals surface area contributed by atoms with Crippen molar-refractivity contribution < 1.29 is 4.21 Å². The first-order chi connectivity index (χ1) is 7.13. The van der Waals surface area contributed by atoms with Crippen molar-refractivity contribution in [3.8, 4) is 0 Å². The second kappa shape index (κ2) is 6.03. The normalized spacial score (nSPS) is 12.7. The second-order valence-electron chi connectivity index (χ2n) is 3.85. The van der Waals surface area contributed by atoms with Crippen LogP contribution in [0.5, 0.6) is 0 Å². The summed E-state index contributed by atoms with van der Waals surface area (Å²) in [6.45, 7) is 2.79. The fraction of sp³-hybridized carbons (Fsp3) is 0.500. The molecule has 0 saturated carbocycles. The lowest BCUT2D eigenvalue weighted by molar-refractivity contribution is 0.686. The molecule has 0 aliphatic heterocycles. The first-order valence-corrected chi connectivity index (χ1v) is 6.83. The van der Waals surface area contributed by atoms with Crippen LogP contribution in [0.2, 0.25) is 0 Å². The first-order valence-electron chi connectivity index (χ1n) is 5.27. The molecule has 2 nitrogen and oxygen atoms in total. The number of hydrogen-bond donors (Lipinski definition) is 1. The number of rotatable bonds is 5. The Balaban J connectivity index is 2.75. The Bertz CT molecular complexity index is 349. The molecule has 2 N–H and O–H groups in total. The first kappa shape index (κ1) is 12.4. The van der Waals surface area contributed by atoms with Gasteiger partial charge in [0.1, 0.15) is 0 Å². The largest absolute Gasteiger partial charge is 0.330 e. The highest BCUT2D eigenvalue weighted by atomic mass is 32.2. The van der Waals surface area contributed by atoms with Gasteiger partial charge in [0.15, 0.2) is 0 Å². The van der Waals surface area contributed by atoms with E-state index in [1.165, 1.54) is 11.1 Å². The van der Waals surface area contributed by atoms with Gasteiger partial charge in [0.25, 0.3) is 0 Å². The van der Waals surface area contributed by atoms with E-state index in [1.54, 1.807) is 6.26 Å². The van der Waals surface area contributed by atoms with Crippen LogP contribution in [0, 0.1) is 6.92 Å². The van der Waals surface area contributed by atoms with Crippen LogP contribution >= 0.6 is 0 Å². The number of aryl methyl sites for hydroxylation is 2. The van der Waals surface area contributed by atoms with Crippen molar-refractivity contribution >= 4 is 10.8 Å². The maximum absolute atomic E-state index is 11.4. The quantitative estimate of drug-likeness (QED) is 0.779. The van der Waals surface area contributed by atoms with Gasteiger partial charge in [0, 0.05) is 22.0 Å². The summed E-state index contributed by atoms with van der Waals surface area (Å²) in [5, 5.41) is 0. The summed E-state index contributed by atoms with van der Waals surface area (Å²) in [5.41, 5.74) is 7.91. The Kier molecular flexibility index (Phi) is 4.99. The molecule has 1 rings (SSSR count). The van der Waals surface area contributed by atoms with Crippen molar-refractivity contribution in [1.82, 2.24) is 0 Å². The topological polar surface area (TPSA) is 43.1 Å². The SMILES string of the molecule is Cc1cc(CCCCN)cc(S(C)=O)c1. The molecule has 3 heteroatoms. The predicted octanol–water partition coefficient (Wildman–Crippen LogP) is 2.01. The summed E-state index contributed by atoms with van der Waals surface area (Å²) in [7, 11) is -0.882. The molecular formula is C12H19NOS. The Labute approximate surface area is 94.3 Å². The molecule has 0 fully saturated rings. The smallest absolute Gasteiger partial charge is 0.0498 e. The van der Waals surface area contributed by atoms with Gasteiger partial charge in [-0.2, -0.15) is 0 Å². The van der Waals surface area contributed by atoms with Gasteiger partial charge in [-0.25, -0.2) is 0 Å². The Morgan fingerprint density at radius 2 is 2.00 bits per heavy atom. The van der Waals surface area contributed by atoms with Gasteiger partial charge in [-0.1, -0.05) is 6.07 Å². The van der Waals surface area contributed by atoms with Crippen molar-refractivity contribution in [2.75, 3.05) is 12.8 Å². The lowest BCUT2D eigenvalue weighted by Crippen LogP contribution is -1.99. The molecule has 1 atom stereocenters. The summed E-state index contributed by atoms with van der Waals surface area (Å²) >= 11 is 0. The van der Waals surface area contributed by atoms with E-state index in [4.69, 9.17) is 5.73 Å². The van der Waals surface area contributed by atoms with Crippen LogP contribution in [-0.2, 0) is 17.2 Å². The predicted molar refractivity (Wildman–Crippen MR) is 65.5 cm³/mol. The highest BCUT2D eigenvalue weighted by Gasteiger charge is 2.01. The zero-order chi connectivity index (χ0) is 11.3. The van der Waals surface area contributed by atoms with E-state index in [-0.39, 0.29) is 0 Å². The Hall–Kier alpha value is -0.670. The van der Waals surface area contributed by atoms with Crippen LogP contribution < -0.4 is 5.73 Å². The summed E-state index contributed by atoms with van der Waals surface area (Å²) in [6, 6.07) is 6.19. The summed E-state index contributed by atoms with van der Waals surface area (Å²) in [5.74, 6) is 0. The average molecular weight is 225 g/mol. The van der Waals surface area contributed by atoms with E-state index >= 15 is 0 Å². The van der Waals surface area contributed by atoms with E-state index in [9.17, 15) is 4.21 Å². The molecule has 0 aromatic heterocycles. The fourth-order valence-electron chi connectivity index (χ4n) is 1.61. The van der Waals surface area contributed by atoms with Gasteiger partial charge in [-0.05, 0) is 56.0 Å². The summed E-state index contributed by atoms with van der Waals surface area (Å²) in [4.78, 5) is 0.928. The minimum absolute atomic E-state index is 0.748. The van der Waals surface area contributed by atoms with E-state index in [1.807, 2.05) is 19.1 Å². The van der Waals surface area contributed by atoms with Crippen LogP contribution in [0.4, 0.5) is 0 Å². The van der Waals surface area contributed by atoms with Crippen LogP contribution in [0.1, 0.15) is 24.0 Å². The zero-order valence-electron chi connectivity index (χ0n) is 9.45. The monoisotopic (exact) mass is 225 g/mol. The molecule has 0 aliphatic rings. The third-order valence-electron chi connectivity index (χ3n) is 2.36. The molecule has 1 aromatic carbocycles. The molecule has 1 unspecified atom stereocenters. The van der Waals surface area contributed by atoms with Crippen LogP contribution in [0.3, 0.4) is 0 Å². The number of benzene rings is 1. The number of nitrogens with two attached hydrogens (primary N) is 1. The molecule has 0 saturated heterocycles. The van der Waals surface area contributed by atoms with Crippen molar-refractivity contribution in [2.24, 2.45) is 5.73 Å². The number of hydrogen-bond acceptors (Lipinski definition) is 2. The van der Waals surface area contributed by atoms with Gasteiger partial charge >= 0.3 is 0 Å². The highest BCUT2D eigenvalue weighted by molar-refractivity contribution is 7.84.